The predicted octanol–water partition coefficient (Wildman–Crippen LogP) is 1.84. The molecule has 0 spiro atoms. The molecule has 2 N–H and O–H groups in total. The van der Waals surface area contributed by atoms with Crippen LogP contribution in [0.5, 0.6) is 0 Å². The van der Waals surface area contributed by atoms with Crippen LogP contribution in [0.3, 0.4) is 0 Å². The van der Waals surface area contributed by atoms with Gasteiger partial charge in [-0.05, 0) is 25.9 Å². The Labute approximate surface area is 145 Å². The van der Waals surface area contributed by atoms with E-state index in [-0.39, 0.29) is 5.91 Å². The van der Waals surface area contributed by atoms with Crippen molar-refractivity contribution in [1.82, 2.24) is 20.8 Å². The first kappa shape index (κ1) is 17.0. The number of benzene rings is 1. The van der Waals surface area contributed by atoms with Crippen molar-refractivity contribution in [2.24, 2.45) is 5.41 Å². The number of nitrogens with one attached hydrogen (secondary N) is 2. The van der Waals surface area contributed by atoms with Gasteiger partial charge in [0.25, 0.3) is 0 Å². The minimum Gasteiger partial charge on any atom is -0.384 e. The summed E-state index contributed by atoms with van der Waals surface area (Å²) in [5.74, 6) is 0.0438. The topological polar surface area (TPSA) is 76.1 Å². The van der Waals surface area contributed by atoms with E-state index in [1.165, 1.54) is 11.3 Å². The van der Waals surface area contributed by atoms with Gasteiger partial charge in [-0.1, -0.05) is 41.7 Å². The SMILES string of the molecule is COCC1(C(=O)NCc2nnc(-c3ccccc3)s2)CCNCC1. The fourth-order valence-electron chi connectivity index (χ4n) is 2.98. The van der Waals surface area contributed by atoms with Gasteiger partial charge in [0.05, 0.1) is 18.6 Å². The van der Waals surface area contributed by atoms with Crippen molar-refractivity contribution in [3.8, 4) is 10.6 Å². The van der Waals surface area contributed by atoms with E-state index in [0.29, 0.717) is 13.2 Å². The molecule has 1 aliphatic rings. The third-order valence-electron chi connectivity index (χ3n) is 4.35. The van der Waals surface area contributed by atoms with Gasteiger partial charge >= 0.3 is 0 Å². The van der Waals surface area contributed by atoms with Crippen molar-refractivity contribution in [3.05, 3.63) is 35.3 Å². The maximum Gasteiger partial charge on any atom is 0.229 e. The average molecular weight is 346 g/mol. The summed E-state index contributed by atoms with van der Waals surface area (Å²) >= 11 is 1.51. The summed E-state index contributed by atoms with van der Waals surface area (Å²) < 4.78 is 5.31. The van der Waals surface area contributed by atoms with Crippen LogP contribution < -0.4 is 10.6 Å². The lowest BCUT2D eigenvalue weighted by atomic mass is 9.78. The Hall–Kier alpha value is -1.83. The van der Waals surface area contributed by atoms with Gasteiger partial charge in [0, 0.05) is 12.7 Å². The molecular formula is C17H22N4O2S. The summed E-state index contributed by atoms with van der Waals surface area (Å²) in [4.78, 5) is 12.7. The van der Waals surface area contributed by atoms with E-state index in [9.17, 15) is 4.79 Å². The minimum absolute atomic E-state index is 0.0438. The van der Waals surface area contributed by atoms with Gasteiger partial charge in [-0.2, -0.15) is 0 Å². The number of aromatic nitrogens is 2. The number of hydrogen-bond donors (Lipinski definition) is 2. The van der Waals surface area contributed by atoms with Gasteiger partial charge in [0.2, 0.25) is 5.91 Å². The number of methoxy groups -OCH3 is 1. The van der Waals surface area contributed by atoms with Crippen molar-refractivity contribution in [2.75, 3.05) is 26.8 Å². The van der Waals surface area contributed by atoms with Crippen molar-refractivity contribution < 1.29 is 9.53 Å². The van der Waals surface area contributed by atoms with Crippen LogP contribution in [0.4, 0.5) is 0 Å². The Morgan fingerprint density at radius 1 is 1.29 bits per heavy atom. The second-order valence-corrected chi connectivity index (χ2v) is 7.08. The minimum atomic E-state index is -0.438. The van der Waals surface area contributed by atoms with Gasteiger partial charge < -0.3 is 15.4 Å². The van der Waals surface area contributed by atoms with Crippen LogP contribution in [-0.2, 0) is 16.1 Å². The number of amides is 1. The highest BCUT2D eigenvalue weighted by Gasteiger charge is 2.39. The second kappa shape index (κ2) is 7.83. The predicted molar refractivity (Wildman–Crippen MR) is 93.6 cm³/mol. The summed E-state index contributed by atoms with van der Waals surface area (Å²) in [6.45, 7) is 2.54. The van der Waals surface area contributed by atoms with Crippen molar-refractivity contribution in [2.45, 2.75) is 19.4 Å². The Balaban J connectivity index is 1.62. The lowest BCUT2D eigenvalue weighted by Crippen LogP contribution is -2.49. The Bertz CT molecular complexity index is 663. The normalized spacial score (nSPS) is 16.7. The summed E-state index contributed by atoms with van der Waals surface area (Å²) in [6, 6.07) is 9.94. The van der Waals surface area contributed by atoms with Gasteiger partial charge in [-0.3, -0.25) is 4.79 Å². The molecule has 1 fully saturated rings. The zero-order valence-corrected chi connectivity index (χ0v) is 14.6. The molecule has 1 saturated heterocycles. The smallest absolute Gasteiger partial charge is 0.229 e. The van der Waals surface area contributed by atoms with Crippen LogP contribution in [0.1, 0.15) is 17.8 Å². The molecule has 3 rings (SSSR count). The molecule has 1 aromatic carbocycles. The summed E-state index contributed by atoms with van der Waals surface area (Å²) in [5.41, 5.74) is 0.606. The summed E-state index contributed by atoms with van der Waals surface area (Å²) in [7, 11) is 1.65. The van der Waals surface area contributed by atoms with Gasteiger partial charge in [0.1, 0.15) is 10.0 Å². The highest BCUT2D eigenvalue weighted by atomic mass is 32.1. The van der Waals surface area contributed by atoms with Crippen LogP contribution in [0.25, 0.3) is 10.6 Å². The molecule has 0 bridgehead atoms. The van der Waals surface area contributed by atoms with E-state index in [1.807, 2.05) is 30.3 Å². The molecule has 0 unspecified atom stereocenters. The van der Waals surface area contributed by atoms with Crippen LogP contribution >= 0.6 is 11.3 Å². The average Bonchev–Trinajstić information content (AvgIpc) is 3.10. The van der Waals surface area contributed by atoms with E-state index < -0.39 is 5.41 Å². The van der Waals surface area contributed by atoms with Crippen molar-refractivity contribution in [3.63, 3.8) is 0 Å². The van der Waals surface area contributed by atoms with Crippen LogP contribution in [-0.4, -0.2) is 42.9 Å². The molecule has 1 amide bonds. The van der Waals surface area contributed by atoms with Gasteiger partial charge in [-0.15, -0.1) is 10.2 Å². The lowest BCUT2D eigenvalue weighted by Gasteiger charge is -2.35. The quantitative estimate of drug-likeness (QED) is 0.835. The second-order valence-electron chi connectivity index (χ2n) is 6.01. The number of nitrogens with zero attached hydrogens (tertiary/aromatic N) is 2. The van der Waals surface area contributed by atoms with Gasteiger partial charge in [0.15, 0.2) is 0 Å². The molecule has 0 aliphatic carbocycles. The zero-order chi connectivity index (χ0) is 16.8. The third kappa shape index (κ3) is 3.80. The number of carbonyl (C=O) groups is 1. The number of carbonyl (C=O) groups excluding carboxylic acids is 1. The largest absolute Gasteiger partial charge is 0.384 e. The maximum atomic E-state index is 12.7. The fourth-order valence-corrected chi connectivity index (χ4v) is 3.77. The van der Waals surface area contributed by atoms with Crippen molar-refractivity contribution in [1.29, 1.82) is 0 Å². The molecule has 128 valence electrons. The standard InChI is InChI=1S/C17H22N4O2S/c1-23-12-17(7-9-18-10-8-17)16(22)19-11-14-20-21-15(24-14)13-5-3-2-4-6-13/h2-6,18H,7-12H2,1H3,(H,19,22). The highest BCUT2D eigenvalue weighted by molar-refractivity contribution is 7.14. The Morgan fingerprint density at radius 3 is 2.75 bits per heavy atom. The third-order valence-corrected chi connectivity index (χ3v) is 5.32. The molecule has 0 atom stereocenters. The van der Waals surface area contributed by atoms with E-state index >= 15 is 0 Å². The number of ether oxygens (including phenoxy) is 1. The molecule has 0 saturated carbocycles. The monoisotopic (exact) mass is 346 g/mol. The molecule has 2 heterocycles. The molecule has 1 aromatic heterocycles. The Morgan fingerprint density at radius 2 is 2.04 bits per heavy atom. The van der Waals surface area contributed by atoms with E-state index in [4.69, 9.17) is 4.74 Å². The summed E-state index contributed by atoms with van der Waals surface area (Å²) in [6.07, 6.45) is 1.58. The zero-order valence-electron chi connectivity index (χ0n) is 13.7. The molecular weight excluding hydrogens is 324 g/mol. The molecule has 6 nitrogen and oxygen atoms in total. The first-order chi connectivity index (χ1) is 11.7. The molecule has 0 radical (unpaired) electrons. The first-order valence-corrected chi connectivity index (χ1v) is 8.91. The van der Waals surface area contributed by atoms with Crippen LogP contribution in [0.15, 0.2) is 30.3 Å². The van der Waals surface area contributed by atoms with Gasteiger partial charge in [-0.25, -0.2) is 0 Å². The summed E-state index contributed by atoms with van der Waals surface area (Å²) in [5, 5.41) is 16.4. The number of piperidine rings is 1. The van der Waals surface area contributed by atoms with Crippen LogP contribution in [0, 0.1) is 5.41 Å². The lowest BCUT2D eigenvalue weighted by molar-refractivity contribution is -0.136. The molecule has 2 aromatic rings. The van der Waals surface area contributed by atoms with Crippen LogP contribution in [0.2, 0.25) is 0 Å². The first-order valence-electron chi connectivity index (χ1n) is 8.09. The number of rotatable bonds is 6. The molecule has 24 heavy (non-hydrogen) atoms. The van der Waals surface area contributed by atoms with E-state index in [1.54, 1.807) is 7.11 Å². The molecule has 7 heteroatoms. The number of hydrogen-bond acceptors (Lipinski definition) is 6. The van der Waals surface area contributed by atoms with E-state index in [0.717, 1.165) is 41.5 Å². The Kier molecular flexibility index (Phi) is 5.55. The van der Waals surface area contributed by atoms with E-state index in [2.05, 4.69) is 20.8 Å². The maximum absolute atomic E-state index is 12.7. The fraction of sp³-hybridized carbons (Fsp3) is 0.471. The highest BCUT2D eigenvalue weighted by Crippen LogP contribution is 2.30. The molecule has 1 aliphatic heterocycles. The van der Waals surface area contributed by atoms with Crippen molar-refractivity contribution >= 4 is 17.2 Å².